The molecule has 0 saturated carbocycles. The van der Waals surface area contributed by atoms with E-state index in [1.807, 2.05) is 41.4 Å². The minimum absolute atomic E-state index is 0.0587. The number of carbonyl (C=O) groups excluding carboxylic acids is 1. The standard InChI is InChI=1S/C19H25N5O4S/c1-3-9-24-18(19(25)28-2)15-22(10-11-29(24,26)27)13-17-14-23(21-20-17)12-16-7-5-4-6-8-16/h3-8,14,18H,1,9-13,15H2,2H3. The number of esters is 1. The average molecular weight is 420 g/mol. The number of nitrogens with zero attached hydrogens (tertiary/aromatic N) is 5. The highest BCUT2D eigenvalue weighted by molar-refractivity contribution is 7.89. The zero-order valence-corrected chi connectivity index (χ0v) is 17.2. The monoisotopic (exact) mass is 419 g/mol. The van der Waals surface area contributed by atoms with E-state index in [0.717, 1.165) is 9.87 Å². The fourth-order valence-corrected chi connectivity index (χ4v) is 4.91. The molecule has 0 spiro atoms. The average Bonchev–Trinajstić information content (AvgIpc) is 3.10. The summed E-state index contributed by atoms with van der Waals surface area (Å²) >= 11 is 0. The molecule has 29 heavy (non-hydrogen) atoms. The van der Waals surface area contributed by atoms with E-state index in [-0.39, 0.29) is 25.4 Å². The van der Waals surface area contributed by atoms with E-state index < -0.39 is 22.0 Å². The molecule has 1 aromatic heterocycles. The first-order chi connectivity index (χ1) is 13.9. The molecule has 3 rings (SSSR count). The molecule has 1 aromatic carbocycles. The van der Waals surface area contributed by atoms with Crippen LogP contribution in [0, 0.1) is 0 Å². The predicted octanol–water partition coefficient (Wildman–Crippen LogP) is 0.501. The number of aromatic nitrogens is 3. The minimum Gasteiger partial charge on any atom is -0.468 e. The second-order valence-corrected chi connectivity index (χ2v) is 8.88. The number of ether oxygens (including phenoxy) is 1. The lowest BCUT2D eigenvalue weighted by Crippen LogP contribution is -2.48. The fraction of sp³-hybridized carbons (Fsp3) is 0.421. The maximum Gasteiger partial charge on any atom is 0.325 e. The van der Waals surface area contributed by atoms with Gasteiger partial charge in [0.1, 0.15) is 6.04 Å². The van der Waals surface area contributed by atoms with Gasteiger partial charge in [-0.1, -0.05) is 41.6 Å². The van der Waals surface area contributed by atoms with Crippen molar-refractivity contribution in [2.45, 2.75) is 19.1 Å². The van der Waals surface area contributed by atoms with Gasteiger partial charge in [0.05, 0.1) is 31.3 Å². The van der Waals surface area contributed by atoms with Crippen molar-refractivity contribution < 1.29 is 17.9 Å². The van der Waals surface area contributed by atoms with Crippen LogP contribution in [0.15, 0.2) is 49.2 Å². The van der Waals surface area contributed by atoms with Crippen molar-refractivity contribution in [3.8, 4) is 0 Å². The van der Waals surface area contributed by atoms with Crippen molar-refractivity contribution in [1.29, 1.82) is 0 Å². The summed E-state index contributed by atoms with van der Waals surface area (Å²) in [6, 6.07) is 8.98. The van der Waals surface area contributed by atoms with Gasteiger partial charge in [-0.2, -0.15) is 4.31 Å². The molecule has 0 N–H and O–H groups in total. The first-order valence-electron chi connectivity index (χ1n) is 9.26. The smallest absolute Gasteiger partial charge is 0.325 e. The second kappa shape index (κ2) is 9.29. The van der Waals surface area contributed by atoms with Gasteiger partial charge in [0.15, 0.2) is 0 Å². The Balaban J connectivity index is 1.74. The zero-order valence-electron chi connectivity index (χ0n) is 16.3. The molecule has 1 aliphatic rings. The molecule has 0 radical (unpaired) electrons. The van der Waals surface area contributed by atoms with Crippen LogP contribution in [0.4, 0.5) is 0 Å². The van der Waals surface area contributed by atoms with Crippen LogP contribution in [0.1, 0.15) is 11.3 Å². The first kappa shape index (κ1) is 21.2. The Bertz CT molecular complexity index is 945. The fourth-order valence-electron chi connectivity index (χ4n) is 3.31. The number of methoxy groups -OCH3 is 1. The number of hydrogen-bond acceptors (Lipinski definition) is 7. The highest BCUT2D eigenvalue weighted by Crippen LogP contribution is 2.17. The topological polar surface area (TPSA) is 97.6 Å². The molecule has 1 aliphatic heterocycles. The van der Waals surface area contributed by atoms with Crippen LogP contribution < -0.4 is 0 Å². The summed E-state index contributed by atoms with van der Waals surface area (Å²) in [5, 5.41) is 8.34. The minimum atomic E-state index is -3.61. The van der Waals surface area contributed by atoms with E-state index in [9.17, 15) is 13.2 Å². The van der Waals surface area contributed by atoms with Crippen LogP contribution in [-0.4, -0.2) is 77.1 Å². The molecule has 0 bridgehead atoms. The van der Waals surface area contributed by atoms with Gasteiger partial charge in [-0.05, 0) is 5.56 Å². The SMILES string of the molecule is C=CCN1C(C(=O)OC)CN(Cc2cn(Cc3ccccc3)nn2)CCS1(=O)=O. The summed E-state index contributed by atoms with van der Waals surface area (Å²) in [5.74, 6) is -0.679. The lowest BCUT2D eigenvalue weighted by Gasteiger charge is -2.27. The van der Waals surface area contributed by atoms with Gasteiger partial charge in [0.25, 0.3) is 0 Å². The molecular weight excluding hydrogens is 394 g/mol. The van der Waals surface area contributed by atoms with Gasteiger partial charge >= 0.3 is 5.97 Å². The third kappa shape index (κ3) is 5.28. The van der Waals surface area contributed by atoms with Gasteiger partial charge in [0, 0.05) is 26.2 Å². The van der Waals surface area contributed by atoms with E-state index >= 15 is 0 Å². The summed E-state index contributed by atoms with van der Waals surface area (Å²) in [6.45, 7) is 5.15. The van der Waals surface area contributed by atoms with Gasteiger partial charge in [-0.15, -0.1) is 11.7 Å². The number of carbonyl (C=O) groups is 1. The number of rotatable bonds is 7. The van der Waals surface area contributed by atoms with Gasteiger partial charge < -0.3 is 4.74 Å². The second-order valence-electron chi connectivity index (χ2n) is 6.84. The summed E-state index contributed by atoms with van der Waals surface area (Å²) in [6.07, 6.45) is 3.30. The van der Waals surface area contributed by atoms with E-state index in [1.54, 1.807) is 4.68 Å². The Labute approximate surface area is 170 Å². The molecule has 9 nitrogen and oxygen atoms in total. The zero-order chi connectivity index (χ0) is 20.9. The van der Waals surface area contributed by atoms with Gasteiger partial charge in [0.2, 0.25) is 10.0 Å². The van der Waals surface area contributed by atoms with Crippen molar-refractivity contribution in [2.75, 3.05) is 32.5 Å². The Morgan fingerprint density at radius 2 is 2.07 bits per heavy atom. The summed E-state index contributed by atoms with van der Waals surface area (Å²) in [7, 11) is -2.35. The lowest BCUT2D eigenvalue weighted by atomic mass is 10.2. The Kier molecular flexibility index (Phi) is 6.78. The van der Waals surface area contributed by atoms with Crippen LogP contribution in [0.5, 0.6) is 0 Å². The largest absolute Gasteiger partial charge is 0.468 e. The molecule has 0 amide bonds. The van der Waals surface area contributed by atoms with Gasteiger partial charge in [-0.3, -0.25) is 9.69 Å². The van der Waals surface area contributed by atoms with Crippen LogP contribution in [0.25, 0.3) is 0 Å². The highest BCUT2D eigenvalue weighted by Gasteiger charge is 2.39. The molecule has 0 aliphatic carbocycles. The molecule has 2 heterocycles. The third-order valence-corrected chi connectivity index (χ3v) is 6.56. The van der Waals surface area contributed by atoms with Crippen LogP contribution in [0.2, 0.25) is 0 Å². The molecule has 1 unspecified atom stereocenters. The van der Waals surface area contributed by atoms with E-state index in [4.69, 9.17) is 4.74 Å². The maximum absolute atomic E-state index is 12.6. The van der Waals surface area contributed by atoms with Crippen LogP contribution in [0.3, 0.4) is 0 Å². The van der Waals surface area contributed by atoms with Crippen molar-refractivity contribution in [1.82, 2.24) is 24.2 Å². The number of hydrogen-bond donors (Lipinski definition) is 0. The molecular formula is C19H25N5O4S. The van der Waals surface area contributed by atoms with Crippen LogP contribution in [-0.2, 0) is 32.6 Å². The maximum atomic E-state index is 12.6. The summed E-state index contributed by atoms with van der Waals surface area (Å²) in [4.78, 5) is 14.2. The quantitative estimate of drug-likeness (QED) is 0.476. The van der Waals surface area contributed by atoms with Gasteiger partial charge in [-0.25, -0.2) is 13.1 Å². The molecule has 1 saturated heterocycles. The Hall–Kier alpha value is -2.56. The summed E-state index contributed by atoms with van der Waals surface area (Å²) < 4.78 is 33.0. The predicted molar refractivity (Wildman–Crippen MR) is 107 cm³/mol. The number of sulfonamides is 1. The number of benzene rings is 1. The van der Waals surface area contributed by atoms with Crippen molar-refractivity contribution in [3.05, 3.63) is 60.4 Å². The summed E-state index contributed by atoms with van der Waals surface area (Å²) in [5.41, 5.74) is 1.81. The molecule has 10 heteroatoms. The van der Waals surface area contributed by atoms with E-state index in [0.29, 0.717) is 18.8 Å². The van der Waals surface area contributed by atoms with Crippen molar-refractivity contribution in [3.63, 3.8) is 0 Å². The van der Waals surface area contributed by atoms with E-state index in [2.05, 4.69) is 16.9 Å². The lowest BCUT2D eigenvalue weighted by molar-refractivity contribution is -0.145. The van der Waals surface area contributed by atoms with E-state index in [1.165, 1.54) is 13.2 Å². The normalized spacial score (nSPS) is 20.1. The Morgan fingerprint density at radius 1 is 1.31 bits per heavy atom. The third-order valence-electron chi connectivity index (χ3n) is 4.74. The first-order valence-corrected chi connectivity index (χ1v) is 10.9. The van der Waals surface area contributed by atoms with Crippen molar-refractivity contribution in [2.24, 2.45) is 0 Å². The molecule has 1 atom stereocenters. The molecule has 1 fully saturated rings. The molecule has 2 aromatic rings. The molecule has 156 valence electrons. The highest BCUT2D eigenvalue weighted by atomic mass is 32.2. The van der Waals surface area contributed by atoms with Crippen molar-refractivity contribution >= 4 is 16.0 Å². The van der Waals surface area contributed by atoms with Crippen LogP contribution >= 0.6 is 0 Å². The Morgan fingerprint density at radius 3 is 2.76 bits per heavy atom.